The summed E-state index contributed by atoms with van der Waals surface area (Å²) in [4.78, 5) is 27.0. The summed E-state index contributed by atoms with van der Waals surface area (Å²) < 4.78 is 5.18. The molecule has 1 aliphatic rings. The number of amides is 2. The lowest BCUT2D eigenvalue weighted by atomic mass is 10.1. The van der Waals surface area contributed by atoms with Gasteiger partial charge >= 0.3 is 0 Å². The molecule has 5 nitrogen and oxygen atoms in total. The van der Waals surface area contributed by atoms with Gasteiger partial charge in [-0.25, -0.2) is 0 Å². The normalized spacial score (nSPS) is 16.6. The molecule has 3 aromatic rings. The Labute approximate surface area is 157 Å². The average Bonchev–Trinajstić information content (AvgIpc) is 3.09. The SMILES string of the molecule is COc1cccc(NC(=O)C2CC(=O)N(c3cccc4ccccc34)C2)c1. The monoisotopic (exact) mass is 360 g/mol. The van der Waals surface area contributed by atoms with Crippen LogP contribution >= 0.6 is 0 Å². The van der Waals surface area contributed by atoms with Gasteiger partial charge in [0.25, 0.3) is 0 Å². The number of ether oxygens (including phenoxy) is 1. The van der Waals surface area contributed by atoms with Crippen molar-refractivity contribution in [2.75, 3.05) is 23.9 Å². The fourth-order valence-corrected chi connectivity index (χ4v) is 3.50. The standard InChI is InChI=1S/C22H20N2O3/c1-27-18-9-5-8-17(13-18)23-22(26)16-12-21(25)24(14-16)20-11-4-7-15-6-2-3-10-19(15)20/h2-11,13,16H,12,14H2,1H3,(H,23,26). The van der Waals surface area contributed by atoms with Crippen LogP contribution in [0.25, 0.3) is 10.8 Å². The molecule has 3 aromatic carbocycles. The number of nitrogens with one attached hydrogen (secondary N) is 1. The number of hydrogen-bond donors (Lipinski definition) is 1. The summed E-state index contributed by atoms with van der Waals surface area (Å²) in [6, 6.07) is 21.0. The Kier molecular flexibility index (Phi) is 4.50. The van der Waals surface area contributed by atoms with E-state index in [9.17, 15) is 9.59 Å². The van der Waals surface area contributed by atoms with E-state index in [4.69, 9.17) is 4.74 Å². The molecule has 4 rings (SSSR count). The third-order valence-electron chi connectivity index (χ3n) is 4.89. The largest absolute Gasteiger partial charge is 0.497 e. The highest BCUT2D eigenvalue weighted by atomic mass is 16.5. The van der Waals surface area contributed by atoms with Gasteiger partial charge in [0.1, 0.15) is 5.75 Å². The van der Waals surface area contributed by atoms with E-state index in [2.05, 4.69) is 5.32 Å². The maximum absolute atomic E-state index is 12.7. The van der Waals surface area contributed by atoms with E-state index in [0.717, 1.165) is 16.5 Å². The molecule has 1 fully saturated rings. The number of carbonyl (C=O) groups is 2. The Balaban J connectivity index is 1.54. The summed E-state index contributed by atoms with van der Waals surface area (Å²) in [7, 11) is 1.58. The van der Waals surface area contributed by atoms with Crippen molar-refractivity contribution in [2.24, 2.45) is 5.92 Å². The number of rotatable bonds is 4. The average molecular weight is 360 g/mol. The highest BCUT2D eigenvalue weighted by Gasteiger charge is 2.35. The lowest BCUT2D eigenvalue weighted by Crippen LogP contribution is -2.28. The van der Waals surface area contributed by atoms with Gasteiger partial charge in [-0.3, -0.25) is 9.59 Å². The first-order chi connectivity index (χ1) is 13.2. The Hall–Kier alpha value is -3.34. The van der Waals surface area contributed by atoms with Crippen LogP contribution in [0, 0.1) is 5.92 Å². The molecule has 5 heteroatoms. The van der Waals surface area contributed by atoms with Gasteiger partial charge < -0.3 is 15.0 Å². The van der Waals surface area contributed by atoms with Crippen molar-refractivity contribution >= 4 is 34.0 Å². The summed E-state index contributed by atoms with van der Waals surface area (Å²) >= 11 is 0. The van der Waals surface area contributed by atoms with Gasteiger partial charge in [-0.1, -0.05) is 42.5 Å². The summed E-state index contributed by atoms with van der Waals surface area (Å²) in [6.07, 6.45) is 0.207. The van der Waals surface area contributed by atoms with E-state index in [1.165, 1.54) is 0 Å². The minimum atomic E-state index is -0.386. The fourth-order valence-electron chi connectivity index (χ4n) is 3.50. The molecule has 0 saturated carbocycles. The van der Waals surface area contributed by atoms with Crippen LogP contribution < -0.4 is 15.0 Å². The zero-order valence-corrected chi connectivity index (χ0v) is 15.0. The van der Waals surface area contributed by atoms with Crippen molar-refractivity contribution in [3.05, 3.63) is 66.7 Å². The lowest BCUT2D eigenvalue weighted by Gasteiger charge is -2.19. The van der Waals surface area contributed by atoms with Gasteiger partial charge in [-0.2, -0.15) is 0 Å². The van der Waals surface area contributed by atoms with Gasteiger partial charge in [0.2, 0.25) is 11.8 Å². The summed E-state index contributed by atoms with van der Waals surface area (Å²) in [5.74, 6) is 0.104. The smallest absolute Gasteiger partial charge is 0.229 e. The molecular formula is C22H20N2O3. The van der Waals surface area contributed by atoms with Crippen molar-refractivity contribution in [1.29, 1.82) is 0 Å². The van der Waals surface area contributed by atoms with E-state index in [1.807, 2.05) is 54.6 Å². The van der Waals surface area contributed by atoms with Crippen molar-refractivity contribution in [3.63, 3.8) is 0 Å². The first-order valence-electron chi connectivity index (χ1n) is 8.89. The molecule has 1 N–H and O–H groups in total. The molecular weight excluding hydrogens is 340 g/mol. The number of benzene rings is 3. The van der Waals surface area contributed by atoms with Crippen LogP contribution in [0.5, 0.6) is 5.75 Å². The number of fused-ring (bicyclic) bond motifs is 1. The molecule has 1 heterocycles. The van der Waals surface area contributed by atoms with E-state index in [-0.39, 0.29) is 24.2 Å². The highest BCUT2D eigenvalue weighted by Crippen LogP contribution is 2.32. The minimum Gasteiger partial charge on any atom is -0.497 e. The maximum atomic E-state index is 12.7. The predicted molar refractivity (Wildman–Crippen MR) is 106 cm³/mol. The second-order valence-corrected chi connectivity index (χ2v) is 6.62. The lowest BCUT2D eigenvalue weighted by molar-refractivity contribution is -0.122. The van der Waals surface area contributed by atoms with Crippen LogP contribution in [0.15, 0.2) is 66.7 Å². The van der Waals surface area contributed by atoms with E-state index >= 15 is 0 Å². The van der Waals surface area contributed by atoms with Crippen LogP contribution in [-0.4, -0.2) is 25.5 Å². The number of methoxy groups -OCH3 is 1. The molecule has 0 spiro atoms. The quantitative estimate of drug-likeness (QED) is 0.769. The molecule has 0 bridgehead atoms. The Bertz CT molecular complexity index is 1010. The molecule has 0 radical (unpaired) electrons. The summed E-state index contributed by atoms with van der Waals surface area (Å²) in [5.41, 5.74) is 1.52. The van der Waals surface area contributed by atoms with Gasteiger partial charge in [0, 0.05) is 30.1 Å². The molecule has 0 aromatic heterocycles. The molecule has 2 amide bonds. The Morgan fingerprint density at radius 2 is 1.85 bits per heavy atom. The number of hydrogen-bond acceptors (Lipinski definition) is 3. The van der Waals surface area contributed by atoms with Gasteiger partial charge in [0.15, 0.2) is 0 Å². The second kappa shape index (κ2) is 7.11. The Morgan fingerprint density at radius 1 is 1.07 bits per heavy atom. The zero-order valence-electron chi connectivity index (χ0n) is 15.0. The number of carbonyl (C=O) groups excluding carboxylic acids is 2. The molecule has 1 unspecified atom stereocenters. The topological polar surface area (TPSA) is 58.6 Å². The fraction of sp³-hybridized carbons (Fsp3) is 0.182. The van der Waals surface area contributed by atoms with Crippen LogP contribution in [0.3, 0.4) is 0 Å². The molecule has 27 heavy (non-hydrogen) atoms. The predicted octanol–water partition coefficient (Wildman–Crippen LogP) is 3.84. The first kappa shape index (κ1) is 17.1. The van der Waals surface area contributed by atoms with Gasteiger partial charge in [-0.15, -0.1) is 0 Å². The van der Waals surface area contributed by atoms with Crippen LogP contribution in [0.2, 0.25) is 0 Å². The molecule has 136 valence electrons. The Morgan fingerprint density at radius 3 is 2.70 bits per heavy atom. The summed E-state index contributed by atoms with van der Waals surface area (Å²) in [6.45, 7) is 0.378. The van der Waals surface area contributed by atoms with Crippen LogP contribution in [0.1, 0.15) is 6.42 Å². The first-order valence-corrected chi connectivity index (χ1v) is 8.89. The molecule has 1 saturated heterocycles. The van der Waals surface area contributed by atoms with Gasteiger partial charge in [-0.05, 0) is 23.6 Å². The third-order valence-corrected chi connectivity index (χ3v) is 4.89. The molecule has 1 atom stereocenters. The minimum absolute atomic E-state index is 0.0304. The van der Waals surface area contributed by atoms with Crippen molar-refractivity contribution in [1.82, 2.24) is 0 Å². The number of nitrogens with zero attached hydrogens (tertiary/aromatic N) is 1. The van der Waals surface area contributed by atoms with Crippen molar-refractivity contribution < 1.29 is 14.3 Å². The van der Waals surface area contributed by atoms with Crippen molar-refractivity contribution in [3.8, 4) is 5.75 Å². The van der Waals surface area contributed by atoms with E-state index in [0.29, 0.717) is 18.0 Å². The van der Waals surface area contributed by atoms with Gasteiger partial charge in [0.05, 0.1) is 18.7 Å². The van der Waals surface area contributed by atoms with E-state index in [1.54, 1.807) is 24.1 Å². The molecule has 1 aliphatic heterocycles. The van der Waals surface area contributed by atoms with Crippen molar-refractivity contribution in [2.45, 2.75) is 6.42 Å². The zero-order chi connectivity index (χ0) is 18.8. The molecule has 0 aliphatic carbocycles. The highest BCUT2D eigenvalue weighted by molar-refractivity contribution is 6.08. The van der Waals surface area contributed by atoms with Crippen LogP contribution in [0.4, 0.5) is 11.4 Å². The summed E-state index contributed by atoms with van der Waals surface area (Å²) in [5, 5.41) is 4.98. The van der Waals surface area contributed by atoms with Crippen LogP contribution in [-0.2, 0) is 9.59 Å². The van der Waals surface area contributed by atoms with E-state index < -0.39 is 0 Å². The third kappa shape index (κ3) is 3.36. The number of anilines is 2. The maximum Gasteiger partial charge on any atom is 0.229 e. The second-order valence-electron chi connectivity index (χ2n) is 6.62.